The van der Waals surface area contributed by atoms with Crippen LogP contribution in [-0.2, 0) is 28.4 Å². The molecule has 0 aromatic heterocycles. The van der Waals surface area contributed by atoms with Crippen LogP contribution in [0.4, 0.5) is 4.79 Å². The largest absolute Gasteiger partial charge is 0.338 e. The monoisotopic (exact) mass is 857 g/mol. The first-order chi connectivity index (χ1) is 29.5. The Balaban J connectivity index is 3.85. The molecule has 0 aliphatic heterocycles. The summed E-state index contributed by atoms with van der Waals surface area (Å²) in [7, 11) is 0. The van der Waals surface area contributed by atoms with E-state index in [0.29, 0.717) is 39.6 Å². The number of hydrogen-bond donors (Lipinski definition) is 2. The van der Waals surface area contributed by atoms with Crippen LogP contribution in [0.15, 0.2) is 0 Å². The molecular formula is C51H104N2O7. The van der Waals surface area contributed by atoms with E-state index in [9.17, 15) is 4.79 Å². The summed E-state index contributed by atoms with van der Waals surface area (Å²) in [6, 6.07) is -0.00962. The second-order valence-corrected chi connectivity index (χ2v) is 17.3. The molecule has 0 heterocycles. The van der Waals surface area contributed by atoms with Gasteiger partial charge in [-0.1, -0.05) is 183 Å². The lowest BCUT2D eigenvalue weighted by Gasteiger charge is -2.33. The van der Waals surface area contributed by atoms with E-state index in [1.807, 2.05) is 0 Å². The van der Waals surface area contributed by atoms with Crippen molar-refractivity contribution in [2.24, 2.45) is 0 Å². The highest BCUT2D eigenvalue weighted by atomic mass is 16.9. The van der Waals surface area contributed by atoms with Gasteiger partial charge in [-0.15, -0.1) is 0 Å². The van der Waals surface area contributed by atoms with Crippen molar-refractivity contribution in [3.05, 3.63) is 0 Å². The lowest BCUT2D eigenvalue weighted by atomic mass is 10.1. The normalized spacial score (nSPS) is 12.1. The fourth-order valence-corrected chi connectivity index (χ4v) is 7.14. The average Bonchev–Trinajstić information content (AvgIpc) is 3.24. The summed E-state index contributed by atoms with van der Waals surface area (Å²) in [6.07, 6.45) is 39.0. The molecule has 2 N–H and O–H groups in total. The van der Waals surface area contributed by atoms with E-state index in [0.717, 1.165) is 129 Å². The molecule has 60 heavy (non-hydrogen) atoms. The predicted octanol–water partition coefficient (Wildman–Crippen LogP) is 15.1. The highest BCUT2D eigenvalue weighted by Gasteiger charge is 2.34. The van der Waals surface area contributed by atoms with Gasteiger partial charge in [0.15, 0.2) is 0 Å². The zero-order chi connectivity index (χ0) is 43.9. The standard InChI is InChI=1S/C51H104N2O7/c1-7-13-43-55-50(56-44-14-8-2,57-45-15-9-3)39-35-31-27-23-19-21-25-29-33-37-41-52-49(54)53-42-38-34-30-26-22-20-24-28-32-36-40-51(58-46-16-10-4,59-47-17-11-5)60-48-18-12-6/h7-48H2,1-6H3,(H2,52,53,54). The number of carbonyl (C=O) groups is 1. The van der Waals surface area contributed by atoms with Crippen molar-refractivity contribution in [2.45, 2.75) is 272 Å². The highest BCUT2D eigenvalue weighted by molar-refractivity contribution is 5.73. The van der Waals surface area contributed by atoms with E-state index >= 15 is 0 Å². The molecular weight excluding hydrogens is 753 g/mol. The maximum atomic E-state index is 12.2. The Bertz CT molecular complexity index is 744. The van der Waals surface area contributed by atoms with Crippen molar-refractivity contribution in [2.75, 3.05) is 52.7 Å². The predicted molar refractivity (Wildman–Crippen MR) is 254 cm³/mol. The van der Waals surface area contributed by atoms with Crippen LogP contribution in [0.25, 0.3) is 0 Å². The summed E-state index contributed by atoms with van der Waals surface area (Å²) < 4.78 is 37.7. The van der Waals surface area contributed by atoms with Crippen LogP contribution in [0.5, 0.6) is 0 Å². The van der Waals surface area contributed by atoms with Gasteiger partial charge in [0.05, 0.1) is 39.6 Å². The molecule has 0 saturated carbocycles. The van der Waals surface area contributed by atoms with Gasteiger partial charge in [0.1, 0.15) is 0 Å². The number of ether oxygens (including phenoxy) is 6. The number of nitrogens with one attached hydrogen (secondary N) is 2. The van der Waals surface area contributed by atoms with Crippen LogP contribution in [-0.4, -0.2) is 70.7 Å². The summed E-state index contributed by atoms with van der Waals surface area (Å²) in [4.78, 5) is 12.2. The molecule has 0 bridgehead atoms. The van der Waals surface area contributed by atoms with Crippen LogP contribution in [0.1, 0.15) is 260 Å². The third-order valence-electron chi connectivity index (χ3n) is 11.3. The quantitative estimate of drug-likeness (QED) is 0.0465. The van der Waals surface area contributed by atoms with Crippen LogP contribution in [0.3, 0.4) is 0 Å². The molecule has 0 aromatic carbocycles. The molecule has 0 rings (SSSR count). The van der Waals surface area contributed by atoms with Gasteiger partial charge in [-0.05, 0) is 64.2 Å². The van der Waals surface area contributed by atoms with Gasteiger partial charge in [0, 0.05) is 25.9 Å². The Morgan fingerprint density at radius 2 is 0.500 bits per heavy atom. The molecule has 0 atom stereocenters. The van der Waals surface area contributed by atoms with E-state index in [1.165, 1.54) is 103 Å². The molecule has 0 spiro atoms. The molecule has 0 unspecified atom stereocenters. The van der Waals surface area contributed by atoms with Crippen molar-refractivity contribution >= 4 is 6.03 Å². The van der Waals surface area contributed by atoms with E-state index in [4.69, 9.17) is 28.4 Å². The van der Waals surface area contributed by atoms with E-state index < -0.39 is 11.9 Å². The molecule has 0 fully saturated rings. The minimum Gasteiger partial charge on any atom is -0.338 e. The van der Waals surface area contributed by atoms with Crippen molar-refractivity contribution in [3.63, 3.8) is 0 Å². The molecule has 0 aliphatic rings. The van der Waals surface area contributed by atoms with Gasteiger partial charge in [-0.2, -0.15) is 0 Å². The lowest BCUT2D eigenvalue weighted by molar-refractivity contribution is -0.384. The van der Waals surface area contributed by atoms with Crippen LogP contribution >= 0.6 is 0 Å². The number of rotatable bonds is 50. The number of hydrogen-bond acceptors (Lipinski definition) is 7. The average molecular weight is 857 g/mol. The zero-order valence-electron chi connectivity index (χ0n) is 41.1. The number of unbranched alkanes of at least 4 members (excludes halogenated alkanes) is 24. The maximum absolute atomic E-state index is 12.2. The third kappa shape index (κ3) is 37.6. The summed E-state index contributed by atoms with van der Waals surface area (Å²) >= 11 is 0. The minimum atomic E-state index is -0.857. The van der Waals surface area contributed by atoms with Crippen LogP contribution in [0.2, 0.25) is 0 Å². The van der Waals surface area contributed by atoms with Gasteiger partial charge in [0.2, 0.25) is 0 Å². The molecule has 0 aliphatic carbocycles. The van der Waals surface area contributed by atoms with Crippen LogP contribution in [0, 0.1) is 0 Å². The first-order valence-electron chi connectivity index (χ1n) is 26.3. The van der Waals surface area contributed by atoms with E-state index in [1.54, 1.807) is 0 Å². The molecule has 2 amide bonds. The van der Waals surface area contributed by atoms with Gasteiger partial charge < -0.3 is 39.1 Å². The van der Waals surface area contributed by atoms with Crippen molar-refractivity contribution < 1.29 is 33.2 Å². The molecule has 0 saturated heterocycles. The molecule has 9 nitrogen and oxygen atoms in total. The first kappa shape index (κ1) is 59.0. The van der Waals surface area contributed by atoms with Crippen molar-refractivity contribution in [1.29, 1.82) is 0 Å². The maximum Gasteiger partial charge on any atom is 0.314 e. The fraction of sp³-hybridized carbons (Fsp3) is 0.980. The SMILES string of the molecule is CCCCOC(CCCCCCCCCCCCNC(=O)NCCCCCCCCCCCCC(OCCCC)(OCCCC)OCCCC)(OCCCC)OCCCC. The molecule has 9 heteroatoms. The highest BCUT2D eigenvalue weighted by Crippen LogP contribution is 2.27. The molecule has 0 radical (unpaired) electrons. The zero-order valence-corrected chi connectivity index (χ0v) is 41.1. The second kappa shape index (κ2) is 46.0. The molecule has 0 aromatic rings. The van der Waals surface area contributed by atoms with Gasteiger partial charge in [-0.3, -0.25) is 0 Å². The Morgan fingerprint density at radius 1 is 0.300 bits per heavy atom. The third-order valence-corrected chi connectivity index (χ3v) is 11.3. The number of amides is 2. The smallest absolute Gasteiger partial charge is 0.314 e. The summed E-state index contributed by atoms with van der Waals surface area (Å²) in [6.45, 7) is 18.9. The first-order valence-corrected chi connectivity index (χ1v) is 26.3. The Morgan fingerprint density at radius 3 is 0.717 bits per heavy atom. The Hall–Kier alpha value is -0.970. The van der Waals surface area contributed by atoms with Crippen molar-refractivity contribution in [3.8, 4) is 0 Å². The fourth-order valence-electron chi connectivity index (χ4n) is 7.14. The summed E-state index contributed by atoms with van der Waals surface area (Å²) in [5.74, 6) is -1.71. The summed E-state index contributed by atoms with van der Waals surface area (Å²) in [5, 5.41) is 6.10. The Labute approximate surface area is 373 Å². The van der Waals surface area contributed by atoms with E-state index in [-0.39, 0.29) is 6.03 Å². The number of carbonyl (C=O) groups excluding carboxylic acids is 1. The minimum absolute atomic E-state index is 0.00962. The van der Waals surface area contributed by atoms with Gasteiger partial charge in [0.25, 0.3) is 11.9 Å². The van der Waals surface area contributed by atoms with Gasteiger partial charge in [-0.25, -0.2) is 4.79 Å². The Kier molecular flexibility index (Phi) is 45.3. The topological polar surface area (TPSA) is 96.5 Å². The number of urea groups is 1. The van der Waals surface area contributed by atoms with Crippen molar-refractivity contribution in [1.82, 2.24) is 10.6 Å². The van der Waals surface area contributed by atoms with E-state index in [2.05, 4.69) is 52.2 Å². The second-order valence-electron chi connectivity index (χ2n) is 17.3. The van der Waals surface area contributed by atoms with Gasteiger partial charge >= 0.3 is 6.03 Å². The molecule has 360 valence electrons. The summed E-state index contributed by atoms with van der Waals surface area (Å²) in [5.41, 5.74) is 0. The van der Waals surface area contributed by atoms with Crippen LogP contribution < -0.4 is 10.6 Å². The lowest BCUT2D eigenvalue weighted by Crippen LogP contribution is -2.40.